The topological polar surface area (TPSA) is 173 Å². The molecular formula is C67H126N8O7S2. The molecule has 17 heteroatoms. The van der Waals surface area contributed by atoms with Gasteiger partial charge in [0, 0.05) is 109 Å². The lowest BCUT2D eigenvalue weighted by atomic mass is 10.1. The minimum atomic E-state index is -2.58. The van der Waals surface area contributed by atoms with Crippen molar-refractivity contribution in [1.82, 2.24) is 40.9 Å². The number of hydrogen-bond acceptors (Lipinski definition) is 13. The molecule has 4 N–H and O–H groups in total. The van der Waals surface area contributed by atoms with Crippen LogP contribution in [0, 0.1) is 29.6 Å². The van der Waals surface area contributed by atoms with Crippen LogP contribution in [0.2, 0.25) is 0 Å². The normalized spacial score (nSPS) is 32.3. The Bertz CT molecular complexity index is 1830. The maximum atomic E-state index is 10.7. The molecule has 15 nitrogen and oxygen atoms in total. The lowest BCUT2D eigenvalue weighted by molar-refractivity contribution is -0.133. The van der Waals surface area contributed by atoms with E-state index in [2.05, 4.69) is 82.5 Å². The molecule has 488 valence electrons. The third-order valence-corrected chi connectivity index (χ3v) is 22.8. The summed E-state index contributed by atoms with van der Waals surface area (Å²) in [5, 5.41) is 11.7. The van der Waals surface area contributed by atoms with Crippen molar-refractivity contribution in [3.8, 4) is 0 Å². The highest BCUT2D eigenvalue weighted by molar-refractivity contribution is 7.99. The predicted molar refractivity (Wildman–Crippen MR) is 349 cm³/mol. The van der Waals surface area contributed by atoms with E-state index < -0.39 is 9.84 Å². The van der Waals surface area contributed by atoms with Crippen molar-refractivity contribution in [3.05, 3.63) is 0 Å². The van der Waals surface area contributed by atoms with E-state index in [-0.39, 0.29) is 17.7 Å². The zero-order valence-electron chi connectivity index (χ0n) is 54.5. The smallest absolute Gasteiger partial charge is 0.226 e. The number of ether oxygens (including phenoxy) is 1. The number of thioether (sulfide) groups is 1. The maximum absolute atomic E-state index is 10.7. The molecule has 0 aromatic rings. The molecule has 4 amide bonds. The minimum Gasteiger partial charge on any atom is -0.381 e. The van der Waals surface area contributed by atoms with E-state index in [0.717, 1.165) is 137 Å². The molecule has 4 aliphatic carbocycles. The summed E-state index contributed by atoms with van der Waals surface area (Å²) in [5.74, 6) is 9.01. The van der Waals surface area contributed by atoms with E-state index in [1.54, 1.807) is 4.90 Å². The molecule has 15 rings (SSSR count). The predicted octanol–water partition coefficient (Wildman–Crippen LogP) is 10.6. The van der Waals surface area contributed by atoms with Crippen molar-refractivity contribution in [2.24, 2.45) is 29.6 Å². The first kappa shape index (κ1) is 72.9. The van der Waals surface area contributed by atoms with E-state index >= 15 is 0 Å². The molecule has 0 spiro atoms. The van der Waals surface area contributed by atoms with Crippen molar-refractivity contribution in [2.45, 2.75) is 263 Å². The number of amides is 4. The van der Waals surface area contributed by atoms with Crippen LogP contribution >= 0.6 is 11.8 Å². The number of nitrogens with one attached hydrogen (secondary N) is 4. The van der Waals surface area contributed by atoms with Gasteiger partial charge in [-0.1, -0.05) is 33.1 Å². The van der Waals surface area contributed by atoms with Gasteiger partial charge >= 0.3 is 0 Å². The molecule has 11 aliphatic heterocycles. The van der Waals surface area contributed by atoms with Gasteiger partial charge in [0.05, 0.1) is 11.5 Å². The molecule has 8 bridgehead atoms. The molecule has 84 heavy (non-hydrogen) atoms. The molecule has 11 heterocycles. The number of likely N-dealkylation sites (tertiary alicyclic amines) is 4. The summed E-state index contributed by atoms with van der Waals surface area (Å²) in [6.07, 6.45) is 39.7. The Labute approximate surface area is 518 Å². The largest absolute Gasteiger partial charge is 0.381 e. The van der Waals surface area contributed by atoms with Gasteiger partial charge in [-0.3, -0.25) is 29.4 Å². The second-order valence-corrected chi connectivity index (χ2v) is 31.1. The van der Waals surface area contributed by atoms with Crippen LogP contribution < -0.4 is 21.3 Å². The number of rotatable bonds is 2. The first-order valence-electron chi connectivity index (χ1n) is 34.9. The molecule has 0 aromatic heterocycles. The fourth-order valence-electron chi connectivity index (χ4n) is 14.6. The Balaban J connectivity index is 0.000000170. The van der Waals surface area contributed by atoms with Crippen molar-refractivity contribution in [2.75, 3.05) is 109 Å². The van der Waals surface area contributed by atoms with Gasteiger partial charge in [0.2, 0.25) is 23.6 Å². The van der Waals surface area contributed by atoms with Gasteiger partial charge in [0.25, 0.3) is 0 Å². The van der Waals surface area contributed by atoms with Crippen LogP contribution in [-0.4, -0.2) is 191 Å². The fraction of sp³-hybridized carbons (Fsp3) is 0.940. The lowest BCUT2D eigenvalue weighted by Crippen LogP contribution is -2.37. The van der Waals surface area contributed by atoms with Crippen molar-refractivity contribution in [1.29, 1.82) is 0 Å². The summed E-state index contributed by atoms with van der Waals surface area (Å²) in [5.41, 5.74) is 0. The summed E-state index contributed by atoms with van der Waals surface area (Å²) in [4.78, 5) is 51.4. The summed E-state index contributed by atoms with van der Waals surface area (Å²) >= 11 is 2.09. The molecule has 4 saturated carbocycles. The lowest BCUT2D eigenvalue weighted by Gasteiger charge is -2.30. The Hall–Kier alpha value is -1.86. The van der Waals surface area contributed by atoms with Gasteiger partial charge in [-0.2, -0.15) is 11.8 Å². The monoisotopic (exact) mass is 1220 g/mol. The van der Waals surface area contributed by atoms with E-state index in [1.807, 2.05) is 7.05 Å². The molecule has 11 saturated heterocycles. The summed E-state index contributed by atoms with van der Waals surface area (Å²) in [7, 11) is 1.53. The minimum absolute atomic E-state index is 0.138. The molecule has 8 unspecified atom stereocenters. The van der Waals surface area contributed by atoms with Crippen molar-refractivity contribution in [3.63, 3.8) is 0 Å². The quantitative estimate of drug-likeness (QED) is 0.193. The van der Waals surface area contributed by atoms with Gasteiger partial charge in [0.15, 0.2) is 0 Å². The highest BCUT2D eigenvalue weighted by atomic mass is 32.2. The van der Waals surface area contributed by atoms with Gasteiger partial charge in [-0.25, -0.2) is 8.42 Å². The average Bonchev–Trinajstić information content (AvgIpc) is 4.59. The van der Waals surface area contributed by atoms with E-state index in [4.69, 9.17) is 4.74 Å². The van der Waals surface area contributed by atoms with Crippen LogP contribution in [-0.2, 0) is 33.8 Å². The van der Waals surface area contributed by atoms with Crippen LogP contribution in [0.4, 0.5) is 0 Å². The summed E-state index contributed by atoms with van der Waals surface area (Å²) in [6.45, 7) is 22.2. The number of fused-ring (bicyclic) bond motifs is 8. The SMILES string of the molecule is C1CC2CC1CN2.C1CCNCC1.C1CCSCC1.CC(C)N1CC2CCC1C2.CCN1CC2CCC1C2.CN1CC2CCC1C2.CN1CCCCC1=O.C[C@@H]1CCCOC1.O=C1CCCC(=O)N1.O=C1CCCCN1.O=S1(=O)CCCCC1. The zero-order valence-corrected chi connectivity index (χ0v) is 56.1. The van der Waals surface area contributed by atoms with Gasteiger partial charge < -0.3 is 35.4 Å². The fourth-order valence-corrected chi connectivity index (χ4v) is 17.1. The second-order valence-electron chi connectivity index (χ2n) is 27.5. The first-order valence-corrected chi connectivity index (χ1v) is 37.9. The van der Waals surface area contributed by atoms with E-state index in [0.29, 0.717) is 36.7 Å². The van der Waals surface area contributed by atoms with Crippen LogP contribution in [0.15, 0.2) is 0 Å². The van der Waals surface area contributed by atoms with Gasteiger partial charge in [0.1, 0.15) is 9.84 Å². The summed E-state index contributed by atoms with van der Waals surface area (Å²) < 4.78 is 26.5. The second kappa shape index (κ2) is 42.2. The van der Waals surface area contributed by atoms with Crippen LogP contribution in [0.3, 0.4) is 0 Å². The molecule has 15 aliphatic rings. The van der Waals surface area contributed by atoms with Gasteiger partial charge in [-0.15, -0.1) is 0 Å². The number of imide groups is 1. The Morgan fingerprint density at radius 3 is 1.42 bits per heavy atom. The standard InChI is InChI=1S/C9H17N.C8H15N.C7H13N.C6H11NO.C6H11N.C6H12O.C5H7NO2.C5H9NO.C5H11N.C5H10O2S.C5H10S/c1-7(2)10-6-8-3-4-9(10)5-8;1-2-9-6-7-3-4-8(9)5-7;1-8-5-6-2-3-7(8)4-6;1-7-5-3-2-4-6(7)8;1-2-6-3-5(1)4-7-6;1-6-3-2-4-7-5-6;7-4-2-1-3-5(8)6-4;7-5-3-1-2-4-6-5;1-2-4-6-5-3-1;6-8(7)4-2-1-3-5-8;1-2-4-6-5-3-1/h7-9H,3-6H2,1-2H3;7-8H,2-6H2,1H3;6-7H,2-5H2,1H3;2-5H2,1H3;5-7H,1-4H2;6H,2-5H2,1H3;1-3H2,(H,6,7,8);1-4H2,(H,6,7);6H,1-5H2;1-5H2;1-5H2/t;;;;;6-;;;;;/m.....1...../s1. The highest BCUT2D eigenvalue weighted by Crippen LogP contribution is 2.39. The van der Waals surface area contributed by atoms with Crippen LogP contribution in [0.5, 0.6) is 0 Å². The molecule has 15 fully saturated rings. The van der Waals surface area contributed by atoms with E-state index in [1.165, 1.54) is 192 Å². The van der Waals surface area contributed by atoms with Crippen molar-refractivity contribution >= 4 is 45.2 Å². The number of hydrogen-bond donors (Lipinski definition) is 4. The van der Waals surface area contributed by atoms with Gasteiger partial charge in [-0.05, 0) is 249 Å². The number of carbonyl (C=O) groups excluding carboxylic acids is 4. The number of carbonyl (C=O) groups is 4. The number of nitrogens with zero attached hydrogens (tertiary/aromatic N) is 4. The van der Waals surface area contributed by atoms with E-state index in [9.17, 15) is 27.6 Å². The number of sulfone groups is 1. The van der Waals surface area contributed by atoms with Crippen LogP contribution in [0.1, 0.15) is 233 Å². The third-order valence-electron chi connectivity index (χ3n) is 19.8. The highest BCUT2D eigenvalue weighted by Gasteiger charge is 2.39. The zero-order chi connectivity index (χ0) is 60.4. The molecule has 0 radical (unpaired) electrons. The first-order chi connectivity index (χ1) is 40.6. The Morgan fingerprint density at radius 2 is 1.18 bits per heavy atom. The Kier molecular flexibility index (Phi) is 36.6. The average molecular weight is 1220 g/mol. The Morgan fingerprint density at radius 1 is 0.583 bits per heavy atom. The summed E-state index contributed by atoms with van der Waals surface area (Å²) in [6, 6.07) is 4.63. The third kappa shape index (κ3) is 30.6. The molecule has 0 aromatic carbocycles. The molecular weight excluding hydrogens is 1090 g/mol. The number of piperidine rings is 8. The maximum Gasteiger partial charge on any atom is 0.226 e. The van der Waals surface area contributed by atoms with Crippen LogP contribution in [0.25, 0.3) is 0 Å². The molecule has 9 atom stereocenters. The van der Waals surface area contributed by atoms with Crippen molar-refractivity contribution < 1.29 is 32.3 Å².